The average Bonchev–Trinajstić information content (AvgIpc) is 2.29. The van der Waals surface area contributed by atoms with Crippen LogP contribution in [-0.4, -0.2) is 17.9 Å². The van der Waals surface area contributed by atoms with Crippen LogP contribution >= 0.6 is 16.3 Å². The Balaban J connectivity index is 1.96. The summed E-state index contributed by atoms with van der Waals surface area (Å²) in [6.07, 6.45) is 1.70. The highest BCUT2D eigenvalue weighted by Crippen LogP contribution is 2.59. The minimum atomic E-state index is -0.714. The van der Waals surface area contributed by atoms with Crippen LogP contribution in [0.4, 0.5) is 0 Å². The van der Waals surface area contributed by atoms with Gasteiger partial charge in [0.1, 0.15) is 0 Å². The van der Waals surface area contributed by atoms with E-state index in [0.29, 0.717) is 0 Å². The molecule has 0 unspecified atom stereocenters. The SMILES string of the molecule is CC(C)(C)P1OCP(c2ccccc2)CO1. The van der Waals surface area contributed by atoms with E-state index in [2.05, 4.69) is 45.0 Å². The summed E-state index contributed by atoms with van der Waals surface area (Å²) in [7, 11) is -0.982. The van der Waals surface area contributed by atoms with Crippen LogP contribution in [0.5, 0.6) is 0 Å². The monoisotopic (exact) mass is 256 g/mol. The Morgan fingerprint density at radius 3 is 2.06 bits per heavy atom. The summed E-state index contributed by atoms with van der Waals surface area (Å²) in [5.41, 5.74) is 0. The van der Waals surface area contributed by atoms with Gasteiger partial charge >= 0.3 is 0 Å². The summed E-state index contributed by atoms with van der Waals surface area (Å²) in [5.74, 6) is 0. The molecule has 0 atom stereocenters. The minimum absolute atomic E-state index is 0.132. The lowest BCUT2D eigenvalue weighted by molar-refractivity contribution is 0.275. The summed E-state index contributed by atoms with van der Waals surface area (Å²) >= 11 is 0. The quantitative estimate of drug-likeness (QED) is 0.710. The third-order valence-electron chi connectivity index (χ3n) is 2.33. The van der Waals surface area contributed by atoms with Crippen molar-refractivity contribution in [2.24, 2.45) is 0 Å². The Hall–Kier alpha value is 0.0000000000000000347. The Bertz CT molecular complexity index is 327. The zero-order valence-corrected chi connectivity index (χ0v) is 11.8. The second kappa shape index (κ2) is 5.10. The fourth-order valence-electron chi connectivity index (χ4n) is 1.49. The van der Waals surface area contributed by atoms with E-state index in [1.54, 1.807) is 0 Å². The lowest BCUT2D eigenvalue weighted by atomic mass is 10.3. The summed E-state index contributed by atoms with van der Waals surface area (Å²) in [5, 5.41) is 1.51. The minimum Gasteiger partial charge on any atom is -0.329 e. The molecule has 1 heterocycles. The molecule has 0 radical (unpaired) electrons. The van der Waals surface area contributed by atoms with Crippen molar-refractivity contribution in [2.45, 2.75) is 25.9 Å². The molecule has 0 bridgehead atoms. The van der Waals surface area contributed by atoms with Gasteiger partial charge in [0.15, 0.2) is 8.38 Å². The van der Waals surface area contributed by atoms with Gasteiger partial charge in [0.05, 0.1) is 12.7 Å². The molecule has 0 saturated carbocycles. The third-order valence-corrected chi connectivity index (χ3v) is 6.47. The highest BCUT2D eigenvalue weighted by Gasteiger charge is 2.32. The Morgan fingerprint density at radius 1 is 1.00 bits per heavy atom. The van der Waals surface area contributed by atoms with Gasteiger partial charge in [0.25, 0.3) is 0 Å². The molecular formula is C12H18O2P2. The van der Waals surface area contributed by atoms with Gasteiger partial charge in [-0.1, -0.05) is 51.1 Å². The number of rotatable bonds is 1. The molecule has 16 heavy (non-hydrogen) atoms. The van der Waals surface area contributed by atoms with E-state index in [4.69, 9.17) is 9.05 Å². The van der Waals surface area contributed by atoms with Crippen molar-refractivity contribution < 1.29 is 9.05 Å². The maximum atomic E-state index is 5.88. The van der Waals surface area contributed by atoms with Gasteiger partial charge < -0.3 is 9.05 Å². The molecule has 0 amide bonds. The zero-order chi connectivity index (χ0) is 11.6. The fraction of sp³-hybridized carbons (Fsp3) is 0.500. The maximum Gasteiger partial charge on any atom is 0.176 e. The van der Waals surface area contributed by atoms with Gasteiger partial charge in [0.2, 0.25) is 0 Å². The first-order valence-corrected chi connectivity index (χ1v) is 8.32. The molecule has 1 fully saturated rings. The van der Waals surface area contributed by atoms with Crippen molar-refractivity contribution in [3.63, 3.8) is 0 Å². The highest BCUT2D eigenvalue weighted by molar-refractivity contribution is 7.67. The van der Waals surface area contributed by atoms with Crippen LogP contribution in [0.3, 0.4) is 0 Å². The van der Waals surface area contributed by atoms with Crippen LogP contribution in [0.2, 0.25) is 0 Å². The Labute approximate surface area is 100 Å². The molecule has 0 N–H and O–H groups in total. The van der Waals surface area contributed by atoms with Crippen molar-refractivity contribution in [1.29, 1.82) is 0 Å². The maximum absolute atomic E-state index is 5.88. The van der Waals surface area contributed by atoms with Crippen LogP contribution in [-0.2, 0) is 9.05 Å². The first-order valence-electron chi connectivity index (χ1n) is 5.43. The van der Waals surface area contributed by atoms with Gasteiger partial charge in [-0.2, -0.15) is 0 Å². The third kappa shape index (κ3) is 3.02. The van der Waals surface area contributed by atoms with Crippen LogP contribution in [0, 0.1) is 0 Å². The normalized spacial score (nSPS) is 26.7. The molecular weight excluding hydrogens is 238 g/mol. The molecule has 0 aliphatic carbocycles. The van der Waals surface area contributed by atoms with Crippen molar-refractivity contribution >= 4 is 21.6 Å². The second-order valence-electron chi connectivity index (χ2n) is 4.82. The van der Waals surface area contributed by atoms with Gasteiger partial charge in [0, 0.05) is 5.16 Å². The molecule has 4 heteroatoms. The fourth-order valence-corrected chi connectivity index (χ4v) is 5.26. The van der Waals surface area contributed by atoms with E-state index in [0.717, 1.165) is 12.7 Å². The first kappa shape index (κ1) is 12.5. The summed E-state index contributed by atoms with van der Waals surface area (Å²) in [6.45, 7) is 6.53. The van der Waals surface area contributed by atoms with Gasteiger partial charge in [-0.3, -0.25) is 0 Å². The molecule has 1 aromatic carbocycles. The zero-order valence-electron chi connectivity index (χ0n) is 10.0. The molecule has 1 aliphatic heterocycles. The van der Waals surface area contributed by atoms with E-state index >= 15 is 0 Å². The van der Waals surface area contributed by atoms with E-state index in [1.165, 1.54) is 5.30 Å². The van der Waals surface area contributed by atoms with Crippen molar-refractivity contribution in [3.05, 3.63) is 30.3 Å². The van der Waals surface area contributed by atoms with Crippen LogP contribution in [0.25, 0.3) is 0 Å². The number of hydrogen-bond donors (Lipinski definition) is 0. The molecule has 1 aromatic rings. The van der Waals surface area contributed by atoms with Crippen molar-refractivity contribution in [1.82, 2.24) is 0 Å². The van der Waals surface area contributed by atoms with E-state index in [1.807, 2.05) is 6.07 Å². The predicted molar refractivity (Wildman–Crippen MR) is 71.6 cm³/mol. The molecule has 2 nitrogen and oxygen atoms in total. The molecule has 0 aromatic heterocycles. The topological polar surface area (TPSA) is 18.5 Å². The van der Waals surface area contributed by atoms with Crippen LogP contribution in [0.1, 0.15) is 20.8 Å². The average molecular weight is 256 g/mol. The summed E-state index contributed by atoms with van der Waals surface area (Å²) < 4.78 is 11.8. The number of hydrogen-bond acceptors (Lipinski definition) is 2. The second-order valence-corrected chi connectivity index (χ2v) is 9.30. The first-order chi connectivity index (χ1) is 7.57. The van der Waals surface area contributed by atoms with Crippen molar-refractivity contribution in [2.75, 3.05) is 12.7 Å². The Morgan fingerprint density at radius 2 is 1.56 bits per heavy atom. The predicted octanol–water partition coefficient (Wildman–Crippen LogP) is 3.87. The standard InChI is InChI=1S/C12H18O2P2/c1-12(2,3)16-13-9-15(10-14-16)11-7-5-4-6-8-11/h4-8H,9-10H2,1-3H3. The van der Waals surface area contributed by atoms with Crippen LogP contribution in [0.15, 0.2) is 30.3 Å². The number of benzene rings is 1. The van der Waals surface area contributed by atoms with Gasteiger partial charge in [-0.05, 0) is 13.2 Å². The van der Waals surface area contributed by atoms with Gasteiger partial charge in [-0.25, -0.2) is 0 Å². The van der Waals surface area contributed by atoms with Gasteiger partial charge in [-0.15, -0.1) is 0 Å². The summed E-state index contributed by atoms with van der Waals surface area (Å²) in [6, 6.07) is 10.6. The lowest BCUT2D eigenvalue weighted by Crippen LogP contribution is -2.21. The van der Waals surface area contributed by atoms with Crippen molar-refractivity contribution in [3.8, 4) is 0 Å². The van der Waals surface area contributed by atoms with Crippen LogP contribution < -0.4 is 5.30 Å². The Kier molecular flexibility index (Phi) is 3.97. The smallest absolute Gasteiger partial charge is 0.176 e. The van der Waals surface area contributed by atoms with E-state index in [9.17, 15) is 0 Å². The van der Waals surface area contributed by atoms with E-state index in [-0.39, 0.29) is 13.1 Å². The largest absolute Gasteiger partial charge is 0.329 e. The molecule has 1 aliphatic rings. The molecule has 0 spiro atoms. The summed E-state index contributed by atoms with van der Waals surface area (Å²) in [4.78, 5) is 0. The molecule has 2 rings (SSSR count). The van der Waals surface area contributed by atoms with E-state index < -0.39 is 8.38 Å². The molecule has 88 valence electrons. The molecule has 1 saturated heterocycles. The highest BCUT2D eigenvalue weighted by atomic mass is 31.2. The lowest BCUT2D eigenvalue weighted by Gasteiger charge is -2.35.